The lowest BCUT2D eigenvalue weighted by atomic mass is 10.1. The van der Waals surface area contributed by atoms with Gasteiger partial charge in [-0.25, -0.2) is 0 Å². The molecular formula is C16H21N3O. The Bertz CT molecular complexity index is 575. The highest BCUT2D eigenvalue weighted by atomic mass is 16.1. The Morgan fingerprint density at radius 1 is 1.25 bits per heavy atom. The Labute approximate surface area is 119 Å². The predicted octanol–water partition coefficient (Wildman–Crippen LogP) is 2.29. The number of rotatable bonds is 7. The van der Waals surface area contributed by atoms with Crippen molar-refractivity contribution in [1.29, 1.82) is 0 Å². The van der Waals surface area contributed by atoms with Crippen molar-refractivity contribution in [2.45, 2.75) is 33.0 Å². The lowest BCUT2D eigenvalue weighted by Gasteiger charge is -2.05. The first kappa shape index (κ1) is 14.3. The second kappa shape index (κ2) is 6.91. The van der Waals surface area contributed by atoms with Crippen LogP contribution in [0.25, 0.3) is 0 Å². The van der Waals surface area contributed by atoms with Gasteiger partial charge in [0.2, 0.25) is 5.91 Å². The van der Waals surface area contributed by atoms with Crippen molar-refractivity contribution in [1.82, 2.24) is 9.88 Å². The molecule has 0 bridgehead atoms. The van der Waals surface area contributed by atoms with Gasteiger partial charge in [-0.15, -0.1) is 0 Å². The van der Waals surface area contributed by atoms with Gasteiger partial charge in [0.15, 0.2) is 0 Å². The van der Waals surface area contributed by atoms with Crippen LogP contribution in [0.2, 0.25) is 0 Å². The van der Waals surface area contributed by atoms with Crippen LogP contribution in [0.3, 0.4) is 0 Å². The van der Waals surface area contributed by atoms with Crippen LogP contribution in [-0.4, -0.2) is 10.5 Å². The summed E-state index contributed by atoms with van der Waals surface area (Å²) in [7, 11) is 0. The zero-order valence-electron chi connectivity index (χ0n) is 11.8. The molecule has 0 aliphatic heterocycles. The van der Waals surface area contributed by atoms with Crippen LogP contribution in [0.5, 0.6) is 0 Å². The van der Waals surface area contributed by atoms with E-state index in [-0.39, 0.29) is 5.91 Å². The Balaban J connectivity index is 1.85. The minimum Gasteiger partial charge on any atom is -0.366 e. The summed E-state index contributed by atoms with van der Waals surface area (Å²) in [5.74, 6) is -0.386. The molecule has 4 nitrogen and oxygen atoms in total. The molecule has 1 amide bonds. The molecule has 4 heteroatoms. The average molecular weight is 271 g/mol. The van der Waals surface area contributed by atoms with Crippen molar-refractivity contribution < 1.29 is 4.79 Å². The first-order chi connectivity index (χ1) is 9.69. The summed E-state index contributed by atoms with van der Waals surface area (Å²) in [5.41, 5.74) is 8.16. The van der Waals surface area contributed by atoms with Gasteiger partial charge < -0.3 is 15.6 Å². The summed E-state index contributed by atoms with van der Waals surface area (Å²) in [6, 6.07) is 9.54. The number of carbonyl (C=O) groups excluding carboxylic acids is 1. The quantitative estimate of drug-likeness (QED) is 0.811. The predicted molar refractivity (Wildman–Crippen MR) is 80.2 cm³/mol. The number of hydrogen-bond donors (Lipinski definition) is 2. The van der Waals surface area contributed by atoms with E-state index in [9.17, 15) is 4.79 Å². The number of benzene rings is 1. The van der Waals surface area contributed by atoms with Crippen molar-refractivity contribution in [3.63, 3.8) is 0 Å². The van der Waals surface area contributed by atoms with Crippen LogP contribution < -0.4 is 11.1 Å². The van der Waals surface area contributed by atoms with Gasteiger partial charge in [-0.2, -0.15) is 0 Å². The zero-order valence-corrected chi connectivity index (χ0v) is 11.8. The molecule has 0 atom stereocenters. The summed E-state index contributed by atoms with van der Waals surface area (Å²) >= 11 is 0. The molecule has 2 aromatic rings. The molecule has 0 aliphatic carbocycles. The fraction of sp³-hybridized carbons (Fsp3) is 0.312. The van der Waals surface area contributed by atoms with Crippen LogP contribution >= 0.6 is 0 Å². The summed E-state index contributed by atoms with van der Waals surface area (Å²) in [4.78, 5) is 11.1. The van der Waals surface area contributed by atoms with Crippen LogP contribution in [0, 0.1) is 0 Å². The molecular weight excluding hydrogens is 250 g/mol. The van der Waals surface area contributed by atoms with Gasteiger partial charge in [0.25, 0.3) is 0 Å². The van der Waals surface area contributed by atoms with Gasteiger partial charge in [-0.05, 0) is 35.7 Å². The minimum absolute atomic E-state index is 0.386. The van der Waals surface area contributed by atoms with E-state index in [1.807, 2.05) is 18.2 Å². The van der Waals surface area contributed by atoms with Gasteiger partial charge in [0.05, 0.1) is 0 Å². The van der Waals surface area contributed by atoms with Crippen LogP contribution in [0.4, 0.5) is 0 Å². The number of nitrogens with zero attached hydrogens (tertiary/aromatic N) is 1. The molecule has 1 aromatic heterocycles. The van der Waals surface area contributed by atoms with Crippen molar-refractivity contribution >= 4 is 5.91 Å². The highest BCUT2D eigenvalue weighted by molar-refractivity contribution is 5.92. The lowest BCUT2D eigenvalue weighted by Crippen LogP contribution is -2.14. The fourth-order valence-electron chi connectivity index (χ4n) is 2.18. The van der Waals surface area contributed by atoms with E-state index in [0.717, 1.165) is 31.6 Å². The average Bonchev–Trinajstić information content (AvgIpc) is 2.87. The standard InChI is InChI=1S/C16H21N3O/c1-2-7-19-8-6-14(12-19)11-18-10-13-4-3-5-15(9-13)16(17)20/h3-6,8-9,12,18H,2,7,10-11H2,1H3,(H2,17,20). The van der Waals surface area contributed by atoms with E-state index in [2.05, 4.69) is 35.3 Å². The molecule has 0 saturated carbocycles. The van der Waals surface area contributed by atoms with Crippen LogP contribution in [0.15, 0.2) is 42.7 Å². The second-order valence-electron chi connectivity index (χ2n) is 4.93. The Morgan fingerprint density at radius 3 is 2.80 bits per heavy atom. The highest BCUT2D eigenvalue weighted by Crippen LogP contribution is 2.06. The Hall–Kier alpha value is -2.07. The summed E-state index contributed by atoms with van der Waals surface area (Å²) in [6.45, 7) is 4.77. The SMILES string of the molecule is CCCn1ccc(CNCc2cccc(C(N)=O)c2)c1. The smallest absolute Gasteiger partial charge is 0.248 e. The Morgan fingerprint density at radius 2 is 2.05 bits per heavy atom. The number of carbonyl (C=O) groups is 1. The maximum absolute atomic E-state index is 11.1. The molecule has 3 N–H and O–H groups in total. The molecule has 1 aromatic carbocycles. The molecule has 0 spiro atoms. The number of aryl methyl sites for hydroxylation is 1. The first-order valence-corrected chi connectivity index (χ1v) is 6.93. The van der Waals surface area contributed by atoms with E-state index in [1.165, 1.54) is 5.56 Å². The molecule has 0 aliphatic rings. The number of aromatic nitrogens is 1. The number of primary amides is 1. The van der Waals surface area contributed by atoms with E-state index in [4.69, 9.17) is 5.73 Å². The fourth-order valence-corrected chi connectivity index (χ4v) is 2.18. The lowest BCUT2D eigenvalue weighted by molar-refractivity contribution is 0.1000. The van der Waals surface area contributed by atoms with Gasteiger partial charge >= 0.3 is 0 Å². The molecule has 0 unspecified atom stereocenters. The largest absolute Gasteiger partial charge is 0.366 e. The van der Waals surface area contributed by atoms with Crippen molar-refractivity contribution in [3.8, 4) is 0 Å². The third kappa shape index (κ3) is 3.96. The zero-order chi connectivity index (χ0) is 14.4. The maximum atomic E-state index is 11.1. The molecule has 1 heterocycles. The molecule has 20 heavy (non-hydrogen) atoms. The summed E-state index contributed by atoms with van der Waals surface area (Å²) in [5, 5.41) is 3.37. The van der Waals surface area contributed by atoms with Crippen LogP contribution in [-0.2, 0) is 19.6 Å². The maximum Gasteiger partial charge on any atom is 0.248 e. The van der Waals surface area contributed by atoms with Gasteiger partial charge in [0.1, 0.15) is 0 Å². The van der Waals surface area contributed by atoms with Crippen molar-refractivity contribution in [2.24, 2.45) is 5.73 Å². The van der Waals surface area contributed by atoms with E-state index < -0.39 is 0 Å². The molecule has 0 radical (unpaired) electrons. The van der Waals surface area contributed by atoms with Crippen molar-refractivity contribution in [2.75, 3.05) is 0 Å². The molecule has 0 saturated heterocycles. The number of amides is 1. The van der Waals surface area contributed by atoms with E-state index >= 15 is 0 Å². The number of nitrogens with two attached hydrogens (primary N) is 1. The summed E-state index contributed by atoms with van der Waals surface area (Å²) < 4.78 is 2.20. The minimum atomic E-state index is -0.386. The van der Waals surface area contributed by atoms with E-state index in [0.29, 0.717) is 5.56 Å². The normalized spacial score (nSPS) is 10.7. The third-order valence-corrected chi connectivity index (χ3v) is 3.16. The number of hydrogen-bond acceptors (Lipinski definition) is 2. The Kier molecular flexibility index (Phi) is 4.96. The molecule has 106 valence electrons. The monoisotopic (exact) mass is 271 g/mol. The van der Waals surface area contributed by atoms with Crippen molar-refractivity contribution in [3.05, 3.63) is 59.4 Å². The van der Waals surface area contributed by atoms with Gasteiger partial charge in [0, 0.05) is 37.6 Å². The topological polar surface area (TPSA) is 60.1 Å². The summed E-state index contributed by atoms with van der Waals surface area (Å²) in [6.07, 6.45) is 5.41. The van der Waals surface area contributed by atoms with E-state index in [1.54, 1.807) is 6.07 Å². The number of nitrogens with one attached hydrogen (secondary N) is 1. The van der Waals surface area contributed by atoms with Gasteiger partial charge in [-0.1, -0.05) is 19.1 Å². The second-order valence-corrected chi connectivity index (χ2v) is 4.93. The van der Waals surface area contributed by atoms with Crippen LogP contribution in [0.1, 0.15) is 34.8 Å². The third-order valence-electron chi connectivity index (χ3n) is 3.16. The highest BCUT2D eigenvalue weighted by Gasteiger charge is 2.01. The molecule has 0 fully saturated rings. The first-order valence-electron chi connectivity index (χ1n) is 6.93. The molecule has 2 rings (SSSR count). The van der Waals surface area contributed by atoms with Gasteiger partial charge in [-0.3, -0.25) is 4.79 Å².